The van der Waals surface area contributed by atoms with Gasteiger partial charge in [0.25, 0.3) is 0 Å². The minimum Gasteiger partial charge on any atom is -0.493 e. The number of ether oxygens (including phenoxy) is 1. The van der Waals surface area contributed by atoms with Crippen LogP contribution in [0.2, 0.25) is 0 Å². The van der Waals surface area contributed by atoms with Crippen LogP contribution in [0, 0.1) is 5.92 Å². The molecule has 0 amide bonds. The maximum Gasteiger partial charge on any atom is 0.124 e. The fraction of sp³-hybridized carbons (Fsp3) is 0.625. The fourth-order valence-corrected chi connectivity index (χ4v) is 3.28. The van der Waals surface area contributed by atoms with Crippen molar-refractivity contribution >= 4 is 0 Å². The number of para-hydroxylation sites is 1. The van der Waals surface area contributed by atoms with Gasteiger partial charge in [-0.2, -0.15) is 0 Å². The first kappa shape index (κ1) is 12.9. The molecular formula is C16H23NO2. The zero-order valence-corrected chi connectivity index (χ0v) is 11.5. The lowest BCUT2D eigenvalue weighted by atomic mass is 9.87. The van der Waals surface area contributed by atoms with Gasteiger partial charge in [-0.25, -0.2) is 0 Å². The second-order valence-electron chi connectivity index (χ2n) is 5.93. The van der Waals surface area contributed by atoms with E-state index in [1.807, 2.05) is 12.1 Å². The number of nitrogens with one attached hydrogen (secondary N) is 1. The van der Waals surface area contributed by atoms with E-state index < -0.39 is 0 Å². The average Bonchev–Trinajstić information content (AvgIpc) is 2.44. The first-order chi connectivity index (χ1) is 9.25. The highest BCUT2D eigenvalue weighted by Gasteiger charge is 2.32. The van der Waals surface area contributed by atoms with Crippen LogP contribution in [0.1, 0.15) is 44.2 Å². The lowest BCUT2D eigenvalue weighted by molar-refractivity contribution is 0.0723. The van der Waals surface area contributed by atoms with Gasteiger partial charge >= 0.3 is 0 Å². The molecule has 19 heavy (non-hydrogen) atoms. The van der Waals surface area contributed by atoms with Crippen LogP contribution in [-0.2, 0) is 0 Å². The van der Waals surface area contributed by atoms with Crippen molar-refractivity contribution in [2.45, 2.75) is 50.8 Å². The van der Waals surface area contributed by atoms with Crippen molar-refractivity contribution in [2.75, 3.05) is 6.61 Å². The van der Waals surface area contributed by atoms with Crippen LogP contribution in [0.3, 0.4) is 0 Å². The van der Waals surface area contributed by atoms with Gasteiger partial charge in [-0.15, -0.1) is 0 Å². The van der Waals surface area contributed by atoms with E-state index in [0.29, 0.717) is 12.0 Å². The van der Waals surface area contributed by atoms with Crippen molar-refractivity contribution < 1.29 is 9.84 Å². The standard InChI is InChI=1S/C16H23NO2/c1-11-10-19-15-9-5-2-6-12(15)16(11)17-13-7-3-4-8-14(13)18/h2,5-6,9,11,13-14,16-18H,3-4,7-8,10H2,1H3. The number of benzene rings is 1. The third-order valence-electron chi connectivity index (χ3n) is 4.45. The monoisotopic (exact) mass is 261 g/mol. The summed E-state index contributed by atoms with van der Waals surface area (Å²) in [6.07, 6.45) is 4.17. The van der Waals surface area contributed by atoms with Crippen molar-refractivity contribution in [1.82, 2.24) is 5.32 Å². The topological polar surface area (TPSA) is 41.5 Å². The molecule has 4 unspecified atom stereocenters. The quantitative estimate of drug-likeness (QED) is 0.860. The van der Waals surface area contributed by atoms with Gasteiger partial charge < -0.3 is 15.2 Å². The predicted octanol–water partition coefficient (Wildman–Crippen LogP) is 2.65. The molecular weight excluding hydrogens is 238 g/mol. The van der Waals surface area contributed by atoms with Gasteiger partial charge in [0.05, 0.1) is 12.7 Å². The summed E-state index contributed by atoms with van der Waals surface area (Å²) < 4.78 is 5.78. The molecule has 1 fully saturated rings. The van der Waals surface area contributed by atoms with Gasteiger partial charge in [-0.3, -0.25) is 0 Å². The molecule has 1 heterocycles. The van der Waals surface area contributed by atoms with E-state index in [4.69, 9.17) is 4.74 Å². The van der Waals surface area contributed by atoms with Crippen molar-refractivity contribution in [3.8, 4) is 5.75 Å². The molecule has 0 spiro atoms. The lowest BCUT2D eigenvalue weighted by Crippen LogP contribution is -2.47. The summed E-state index contributed by atoms with van der Waals surface area (Å²) in [6, 6.07) is 8.77. The Morgan fingerprint density at radius 1 is 1.21 bits per heavy atom. The van der Waals surface area contributed by atoms with E-state index >= 15 is 0 Å². The summed E-state index contributed by atoms with van der Waals surface area (Å²) in [5.41, 5.74) is 1.24. The molecule has 3 rings (SSSR count). The first-order valence-electron chi connectivity index (χ1n) is 7.41. The van der Waals surface area contributed by atoms with Gasteiger partial charge in [0, 0.05) is 23.6 Å². The maximum atomic E-state index is 10.1. The van der Waals surface area contributed by atoms with Gasteiger partial charge in [0.15, 0.2) is 0 Å². The molecule has 2 aliphatic rings. The lowest BCUT2D eigenvalue weighted by Gasteiger charge is -2.38. The Labute approximate surface area is 115 Å². The number of hydrogen-bond acceptors (Lipinski definition) is 3. The summed E-state index contributed by atoms with van der Waals surface area (Å²) in [4.78, 5) is 0. The Morgan fingerprint density at radius 2 is 2.00 bits per heavy atom. The number of fused-ring (bicyclic) bond motifs is 1. The summed E-state index contributed by atoms with van der Waals surface area (Å²) in [6.45, 7) is 2.96. The molecule has 1 aliphatic heterocycles. The van der Waals surface area contributed by atoms with E-state index in [2.05, 4.69) is 24.4 Å². The van der Waals surface area contributed by atoms with E-state index in [-0.39, 0.29) is 12.1 Å². The van der Waals surface area contributed by atoms with E-state index in [1.165, 1.54) is 12.0 Å². The van der Waals surface area contributed by atoms with E-state index in [0.717, 1.165) is 31.6 Å². The Hall–Kier alpha value is -1.06. The van der Waals surface area contributed by atoms with Gasteiger partial charge in [-0.05, 0) is 18.9 Å². The average molecular weight is 261 g/mol. The van der Waals surface area contributed by atoms with E-state index in [1.54, 1.807) is 0 Å². The van der Waals surface area contributed by atoms with Crippen LogP contribution < -0.4 is 10.1 Å². The normalized spacial score (nSPS) is 34.4. The Bertz CT molecular complexity index is 435. The van der Waals surface area contributed by atoms with Crippen LogP contribution in [0.4, 0.5) is 0 Å². The highest BCUT2D eigenvalue weighted by atomic mass is 16.5. The van der Waals surface area contributed by atoms with Crippen LogP contribution in [0.5, 0.6) is 5.75 Å². The van der Waals surface area contributed by atoms with Crippen LogP contribution >= 0.6 is 0 Å². The van der Waals surface area contributed by atoms with Crippen molar-refractivity contribution in [2.24, 2.45) is 5.92 Å². The van der Waals surface area contributed by atoms with Crippen molar-refractivity contribution in [3.63, 3.8) is 0 Å². The molecule has 0 saturated heterocycles. The predicted molar refractivity (Wildman–Crippen MR) is 75.2 cm³/mol. The number of hydrogen-bond donors (Lipinski definition) is 2. The Morgan fingerprint density at radius 3 is 2.84 bits per heavy atom. The minimum absolute atomic E-state index is 0.198. The van der Waals surface area contributed by atoms with Crippen molar-refractivity contribution in [1.29, 1.82) is 0 Å². The van der Waals surface area contributed by atoms with Gasteiger partial charge in [0.2, 0.25) is 0 Å². The third kappa shape index (κ3) is 2.63. The van der Waals surface area contributed by atoms with Crippen LogP contribution in [-0.4, -0.2) is 23.9 Å². The molecule has 4 atom stereocenters. The fourth-order valence-electron chi connectivity index (χ4n) is 3.28. The summed E-state index contributed by atoms with van der Waals surface area (Å²) in [5, 5.41) is 13.8. The molecule has 3 nitrogen and oxygen atoms in total. The maximum absolute atomic E-state index is 10.1. The highest BCUT2D eigenvalue weighted by molar-refractivity contribution is 5.38. The van der Waals surface area contributed by atoms with Crippen LogP contribution in [0.15, 0.2) is 24.3 Å². The molecule has 1 aliphatic carbocycles. The molecule has 0 bridgehead atoms. The molecule has 1 aromatic rings. The van der Waals surface area contributed by atoms with E-state index in [9.17, 15) is 5.11 Å². The summed E-state index contributed by atoms with van der Waals surface area (Å²) >= 11 is 0. The molecule has 1 saturated carbocycles. The molecule has 0 radical (unpaired) electrons. The van der Waals surface area contributed by atoms with Crippen LogP contribution in [0.25, 0.3) is 0 Å². The summed E-state index contributed by atoms with van der Waals surface area (Å²) in [5.74, 6) is 1.42. The second kappa shape index (κ2) is 5.51. The third-order valence-corrected chi connectivity index (χ3v) is 4.45. The Kier molecular flexibility index (Phi) is 3.76. The zero-order valence-electron chi connectivity index (χ0n) is 11.5. The Balaban J connectivity index is 1.79. The zero-order chi connectivity index (χ0) is 13.2. The van der Waals surface area contributed by atoms with Gasteiger partial charge in [-0.1, -0.05) is 38.0 Å². The largest absolute Gasteiger partial charge is 0.493 e. The summed E-state index contributed by atoms with van der Waals surface area (Å²) in [7, 11) is 0. The molecule has 3 heteroatoms. The molecule has 104 valence electrons. The number of aliphatic hydroxyl groups excluding tert-OH is 1. The molecule has 1 aromatic carbocycles. The highest BCUT2D eigenvalue weighted by Crippen LogP contribution is 2.36. The second-order valence-corrected chi connectivity index (χ2v) is 5.93. The number of rotatable bonds is 2. The smallest absolute Gasteiger partial charge is 0.124 e. The molecule has 2 N–H and O–H groups in total. The van der Waals surface area contributed by atoms with Gasteiger partial charge in [0.1, 0.15) is 5.75 Å². The minimum atomic E-state index is -0.198. The first-order valence-corrected chi connectivity index (χ1v) is 7.41. The number of aliphatic hydroxyl groups is 1. The molecule has 0 aromatic heterocycles. The van der Waals surface area contributed by atoms with Crippen molar-refractivity contribution in [3.05, 3.63) is 29.8 Å². The SMILES string of the molecule is CC1COc2ccccc2C1NC1CCCCC1O.